The summed E-state index contributed by atoms with van der Waals surface area (Å²) in [5, 5.41) is 3.78. The fraction of sp³-hybridized carbons (Fsp3) is 0.600. The van der Waals surface area contributed by atoms with Gasteiger partial charge in [0.15, 0.2) is 0 Å². The molecule has 1 fully saturated rings. The second kappa shape index (κ2) is 6.05. The van der Waals surface area contributed by atoms with E-state index in [4.69, 9.17) is 0 Å². The Morgan fingerprint density at radius 1 is 1.00 bits per heavy atom. The lowest BCUT2D eigenvalue weighted by Crippen LogP contribution is -2.30. The van der Waals surface area contributed by atoms with Gasteiger partial charge in [-0.1, -0.05) is 56.0 Å². The smallest absolute Gasteiger partial charge is 0.0294 e. The standard InChI is InChI=1S/C15H23N/c1-13(14-9-5-4-6-10-14)16-15-11-7-2-3-8-12-15/h4-6,9-10,13,15-16H,2-3,7-8,11-12H2,1H3. The van der Waals surface area contributed by atoms with Crippen LogP contribution in [0.15, 0.2) is 30.3 Å². The van der Waals surface area contributed by atoms with Crippen LogP contribution in [0.5, 0.6) is 0 Å². The fourth-order valence-electron chi connectivity index (χ4n) is 2.64. The molecule has 0 saturated heterocycles. The largest absolute Gasteiger partial charge is 0.307 e. The molecule has 1 saturated carbocycles. The molecule has 0 heterocycles. The Bertz CT molecular complexity index is 286. The number of rotatable bonds is 3. The van der Waals surface area contributed by atoms with Crippen molar-refractivity contribution in [3.63, 3.8) is 0 Å². The Labute approximate surface area is 99.3 Å². The van der Waals surface area contributed by atoms with Crippen molar-refractivity contribution >= 4 is 0 Å². The Morgan fingerprint density at radius 3 is 2.25 bits per heavy atom. The topological polar surface area (TPSA) is 12.0 Å². The highest BCUT2D eigenvalue weighted by atomic mass is 14.9. The van der Waals surface area contributed by atoms with E-state index in [-0.39, 0.29) is 0 Å². The predicted molar refractivity (Wildman–Crippen MR) is 69.5 cm³/mol. The van der Waals surface area contributed by atoms with Crippen LogP contribution < -0.4 is 5.32 Å². The van der Waals surface area contributed by atoms with Crippen LogP contribution in [0.3, 0.4) is 0 Å². The Balaban J connectivity index is 1.88. The first-order valence-electron chi connectivity index (χ1n) is 6.67. The van der Waals surface area contributed by atoms with Crippen LogP contribution in [0.4, 0.5) is 0 Å². The maximum absolute atomic E-state index is 3.78. The number of nitrogens with one attached hydrogen (secondary N) is 1. The second-order valence-electron chi connectivity index (χ2n) is 4.99. The van der Waals surface area contributed by atoms with Gasteiger partial charge in [0.2, 0.25) is 0 Å². The third-order valence-electron chi connectivity index (χ3n) is 3.64. The van der Waals surface area contributed by atoms with Gasteiger partial charge in [0.05, 0.1) is 0 Å². The molecule has 0 amide bonds. The molecule has 1 heteroatoms. The van der Waals surface area contributed by atoms with Gasteiger partial charge in [-0.3, -0.25) is 0 Å². The van der Waals surface area contributed by atoms with Crippen molar-refractivity contribution < 1.29 is 0 Å². The zero-order valence-electron chi connectivity index (χ0n) is 10.3. The summed E-state index contributed by atoms with van der Waals surface area (Å²) in [6.45, 7) is 2.28. The minimum absolute atomic E-state index is 0.490. The van der Waals surface area contributed by atoms with Gasteiger partial charge in [0.1, 0.15) is 0 Å². The number of hydrogen-bond donors (Lipinski definition) is 1. The molecule has 1 aliphatic carbocycles. The molecule has 1 unspecified atom stereocenters. The van der Waals surface area contributed by atoms with E-state index in [9.17, 15) is 0 Å². The first kappa shape index (κ1) is 11.7. The lowest BCUT2D eigenvalue weighted by molar-refractivity contribution is 0.414. The van der Waals surface area contributed by atoms with Crippen LogP contribution in [0.2, 0.25) is 0 Å². The highest BCUT2D eigenvalue weighted by Crippen LogP contribution is 2.20. The molecule has 1 aromatic rings. The van der Waals surface area contributed by atoms with Crippen molar-refractivity contribution in [1.82, 2.24) is 5.32 Å². The monoisotopic (exact) mass is 217 g/mol. The van der Waals surface area contributed by atoms with Crippen LogP contribution in [0.25, 0.3) is 0 Å². The Kier molecular flexibility index (Phi) is 4.41. The zero-order chi connectivity index (χ0) is 11.2. The van der Waals surface area contributed by atoms with Crippen molar-refractivity contribution in [2.24, 2.45) is 0 Å². The third kappa shape index (κ3) is 3.34. The summed E-state index contributed by atoms with van der Waals surface area (Å²) in [6.07, 6.45) is 8.38. The number of benzene rings is 1. The molecule has 1 aliphatic rings. The SMILES string of the molecule is CC(NC1CCCCCC1)c1ccccc1. The van der Waals surface area contributed by atoms with E-state index in [1.165, 1.54) is 44.1 Å². The minimum Gasteiger partial charge on any atom is -0.307 e. The molecular weight excluding hydrogens is 194 g/mol. The summed E-state index contributed by atoms with van der Waals surface area (Å²) in [5.41, 5.74) is 1.41. The maximum Gasteiger partial charge on any atom is 0.0294 e. The fourth-order valence-corrected chi connectivity index (χ4v) is 2.64. The average molecular weight is 217 g/mol. The van der Waals surface area contributed by atoms with Crippen LogP contribution in [-0.4, -0.2) is 6.04 Å². The summed E-state index contributed by atoms with van der Waals surface area (Å²) >= 11 is 0. The molecule has 16 heavy (non-hydrogen) atoms. The van der Waals surface area contributed by atoms with Gasteiger partial charge in [-0.15, -0.1) is 0 Å². The summed E-state index contributed by atoms with van der Waals surface area (Å²) < 4.78 is 0. The summed E-state index contributed by atoms with van der Waals surface area (Å²) in [6, 6.07) is 12.0. The Hall–Kier alpha value is -0.820. The zero-order valence-corrected chi connectivity index (χ0v) is 10.3. The van der Waals surface area contributed by atoms with Gasteiger partial charge in [-0.05, 0) is 25.3 Å². The Morgan fingerprint density at radius 2 is 1.62 bits per heavy atom. The molecule has 0 radical (unpaired) electrons. The van der Waals surface area contributed by atoms with Gasteiger partial charge in [0, 0.05) is 12.1 Å². The molecule has 1 nitrogen and oxygen atoms in total. The van der Waals surface area contributed by atoms with E-state index >= 15 is 0 Å². The van der Waals surface area contributed by atoms with Gasteiger partial charge in [0.25, 0.3) is 0 Å². The predicted octanol–water partition coefficient (Wildman–Crippen LogP) is 4.06. The molecule has 1 aromatic carbocycles. The van der Waals surface area contributed by atoms with Crippen molar-refractivity contribution in [2.45, 2.75) is 57.5 Å². The molecule has 0 aromatic heterocycles. The van der Waals surface area contributed by atoms with Crippen LogP contribution >= 0.6 is 0 Å². The van der Waals surface area contributed by atoms with E-state index < -0.39 is 0 Å². The first-order valence-corrected chi connectivity index (χ1v) is 6.67. The van der Waals surface area contributed by atoms with E-state index in [0.717, 1.165) is 6.04 Å². The van der Waals surface area contributed by atoms with Gasteiger partial charge >= 0.3 is 0 Å². The van der Waals surface area contributed by atoms with E-state index in [0.29, 0.717) is 6.04 Å². The molecule has 2 rings (SSSR count). The number of hydrogen-bond acceptors (Lipinski definition) is 1. The van der Waals surface area contributed by atoms with E-state index in [2.05, 4.69) is 42.6 Å². The highest BCUT2D eigenvalue weighted by Gasteiger charge is 2.14. The lowest BCUT2D eigenvalue weighted by atomic mass is 10.0. The average Bonchev–Trinajstić information content (AvgIpc) is 2.59. The molecule has 0 aliphatic heterocycles. The molecule has 88 valence electrons. The quantitative estimate of drug-likeness (QED) is 0.753. The molecule has 0 spiro atoms. The third-order valence-corrected chi connectivity index (χ3v) is 3.64. The maximum atomic E-state index is 3.78. The van der Waals surface area contributed by atoms with E-state index in [1.807, 2.05) is 0 Å². The molecule has 1 atom stereocenters. The lowest BCUT2D eigenvalue weighted by Gasteiger charge is -2.22. The van der Waals surface area contributed by atoms with Crippen molar-refractivity contribution in [1.29, 1.82) is 0 Å². The molecular formula is C15H23N. The van der Waals surface area contributed by atoms with Gasteiger partial charge < -0.3 is 5.32 Å². The summed E-state index contributed by atoms with van der Waals surface area (Å²) in [7, 11) is 0. The van der Waals surface area contributed by atoms with Crippen molar-refractivity contribution in [3.05, 3.63) is 35.9 Å². The van der Waals surface area contributed by atoms with Crippen LogP contribution in [0, 0.1) is 0 Å². The van der Waals surface area contributed by atoms with Gasteiger partial charge in [-0.2, -0.15) is 0 Å². The minimum atomic E-state index is 0.490. The van der Waals surface area contributed by atoms with Crippen LogP contribution in [-0.2, 0) is 0 Å². The molecule has 0 bridgehead atoms. The molecule has 1 N–H and O–H groups in total. The highest BCUT2D eigenvalue weighted by molar-refractivity contribution is 5.18. The first-order chi connectivity index (χ1) is 7.86. The van der Waals surface area contributed by atoms with E-state index in [1.54, 1.807) is 0 Å². The summed E-state index contributed by atoms with van der Waals surface area (Å²) in [4.78, 5) is 0. The van der Waals surface area contributed by atoms with Crippen LogP contribution in [0.1, 0.15) is 57.1 Å². The second-order valence-corrected chi connectivity index (χ2v) is 4.99. The van der Waals surface area contributed by atoms with Gasteiger partial charge in [-0.25, -0.2) is 0 Å². The van der Waals surface area contributed by atoms with Crippen molar-refractivity contribution in [3.8, 4) is 0 Å². The van der Waals surface area contributed by atoms with Crippen molar-refractivity contribution in [2.75, 3.05) is 0 Å². The normalized spacial score (nSPS) is 20.3. The summed E-state index contributed by atoms with van der Waals surface area (Å²) in [5.74, 6) is 0.